The standard InChI is InChI=1S/C16H22N4O4/c1-11(21)13-2-3-15(18-9-13)20-6-4-12(5-7-20)8-19-16(23)24-10-14(17)22/h2-3,9,12H,4-8,10H2,1H3,(H2,17,22)(H,19,23). The van der Waals surface area contributed by atoms with Crippen molar-refractivity contribution >= 4 is 23.6 Å². The lowest BCUT2D eigenvalue weighted by atomic mass is 9.97. The number of alkyl carbamates (subject to hydrolysis) is 1. The highest BCUT2D eigenvalue weighted by Gasteiger charge is 2.21. The van der Waals surface area contributed by atoms with Crippen molar-refractivity contribution < 1.29 is 19.1 Å². The van der Waals surface area contributed by atoms with E-state index in [1.807, 2.05) is 6.07 Å². The van der Waals surface area contributed by atoms with E-state index in [2.05, 4.69) is 19.9 Å². The van der Waals surface area contributed by atoms with Crippen LogP contribution in [0.1, 0.15) is 30.1 Å². The Balaban J connectivity index is 1.74. The molecule has 24 heavy (non-hydrogen) atoms. The maximum atomic E-state index is 11.4. The lowest BCUT2D eigenvalue weighted by molar-refractivity contribution is -0.120. The first-order valence-corrected chi connectivity index (χ1v) is 7.86. The third kappa shape index (κ3) is 5.22. The molecule has 1 fully saturated rings. The zero-order chi connectivity index (χ0) is 17.5. The van der Waals surface area contributed by atoms with Crippen molar-refractivity contribution in [3.8, 4) is 0 Å². The van der Waals surface area contributed by atoms with Crippen LogP contribution in [0.15, 0.2) is 18.3 Å². The number of ether oxygens (including phenoxy) is 1. The Morgan fingerprint density at radius 3 is 2.58 bits per heavy atom. The minimum Gasteiger partial charge on any atom is -0.439 e. The number of pyridine rings is 1. The SMILES string of the molecule is CC(=O)c1ccc(N2CCC(CNC(=O)OCC(N)=O)CC2)nc1. The zero-order valence-electron chi connectivity index (χ0n) is 13.7. The number of rotatable bonds is 6. The lowest BCUT2D eigenvalue weighted by Gasteiger charge is -2.32. The molecule has 3 N–H and O–H groups in total. The van der Waals surface area contributed by atoms with E-state index >= 15 is 0 Å². The molecule has 1 aliphatic heterocycles. The second-order valence-corrected chi connectivity index (χ2v) is 5.82. The molecule has 0 aliphatic carbocycles. The van der Waals surface area contributed by atoms with Crippen LogP contribution in [0.25, 0.3) is 0 Å². The van der Waals surface area contributed by atoms with Crippen LogP contribution in [0.4, 0.5) is 10.6 Å². The van der Waals surface area contributed by atoms with Crippen LogP contribution in [0.2, 0.25) is 0 Å². The summed E-state index contributed by atoms with van der Waals surface area (Å²) < 4.78 is 4.64. The number of hydrogen-bond donors (Lipinski definition) is 2. The largest absolute Gasteiger partial charge is 0.439 e. The third-order valence-corrected chi connectivity index (χ3v) is 3.97. The van der Waals surface area contributed by atoms with Gasteiger partial charge in [0, 0.05) is 31.4 Å². The summed E-state index contributed by atoms with van der Waals surface area (Å²) in [7, 11) is 0. The van der Waals surface area contributed by atoms with Crippen molar-refractivity contribution in [1.29, 1.82) is 0 Å². The molecule has 2 amide bonds. The van der Waals surface area contributed by atoms with Crippen LogP contribution < -0.4 is 16.0 Å². The van der Waals surface area contributed by atoms with Crippen LogP contribution in [0.3, 0.4) is 0 Å². The molecule has 0 aromatic carbocycles. The molecule has 0 bridgehead atoms. The molecule has 130 valence electrons. The Labute approximate surface area is 140 Å². The summed E-state index contributed by atoms with van der Waals surface area (Å²) in [5.41, 5.74) is 5.51. The normalized spacial score (nSPS) is 15.0. The van der Waals surface area contributed by atoms with E-state index in [0.717, 1.165) is 31.7 Å². The first-order chi connectivity index (χ1) is 11.5. The number of nitrogens with two attached hydrogens (primary N) is 1. The number of ketones is 1. The highest BCUT2D eigenvalue weighted by atomic mass is 16.6. The van der Waals surface area contributed by atoms with Crippen LogP contribution in [-0.2, 0) is 9.53 Å². The third-order valence-electron chi connectivity index (χ3n) is 3.97. The molecule has 0 unspecified atom stereocenters. The molecule has 1 saturated heterocycles. The molecular weight excluding hydrogens is 312 g/mol. The Bertz CT molecular complexity index is 595. The molecule has 0 radical (unpaired) electrons. The molecule has 2 rings (SSSR count). The smallest absolute Gasteiger partial charge is 0.407 e. The summed E-state index contributed by atoms with van der Waals surface area (Å²) in [4.78, 5) is 39.7. The first-order valence-electron chi connectivity index (χ1n) is 7.86. The first kappa shape index (κ1) is 17.7. The summed E-state index contributed by atoms with van der Waals surface area (Å²) in [5.74, 6) is 0.523. The number of piperidine rings is 1. The van der Waals surface area contributed by atoms with Crippen molar-refractivity contribution in [2.24, 2.45) is 11.7 Å². The fourth-order valence-corrected chi connectivity index (χ4v) is 2.56. The number of amides is 2. The van der Waals surface area contributed by atoms with Gasteiger partial charge in [-0.15, -0.1) is 0 Å². The number of nitrogens with one attached hydrogen (secondary N) is 1. The van der Waals surface area contributed by atoms with Crippen LogP contribution >= 0.6 is 0 Å². The topological polar surface area (TPSA) is 115 Å². The van der Waals surface area contributed by atoms with Crippen molar-refractivity contribution in [2.75, 3.05) is 31.1 Å². The van der Waals surface area contributed by atoms with Gasteiger partial charge < -0.3 is 20.7 Å². The number of anilines is 1. The van der Waals surface area contributed by atoms with Crippen molar-refractivity contribution in [3.05, 3.63) is 23.9 Å². The number of carbonyl (C=O) groups is 3. The second-order valence-electron chi connectivity index (χ2n) is 5.82. The average molecular weight is 334 g/mol. The minimum absolute atomic E-state index is 0.00190. The van der Waals surface area contributed by atoms with Gasteiger partial charge in [0.15, 0.2) is 12.4 Å². The monoisotopic (exact) mass is 334 g/mol. The van der Waals surface area contributed by atoms with Crippen LogP contribution in [-0.4, -0.2) is 49.0 Å². The molecule has 1 aromatic rings. The molecule has 8 heteroatoms. The molecule has 2 heterocycles. The van der Waals surface area contributed by atoms with E-state index in [-0.39, 0.29) is 5.78 Å². The van der Waals surface area contributed by atoms with Gasteiger partial charge in [-0.2, -0.15) is 0 Å². The second kappa shape index (κ2) is 8.28. The van der Waals surface area contributed by atoms with E-state index in [1.165, 1.54) is 6.92 Å². The number of aromatic nitrogens is 1. The molecule has 0 saturated carbocycles. The summed E-state index contributed by atoms with van der Waals surface area (Å²) in [6.45, 7) is 3.27. The summed E-state index contributed by atoms with van der Waals surface area (Å²) in [6, 6.07) is 3.64. The van der Waals surface area contributed by atoms with Crippen molar-refractivity contribution in [1.82, 2.24) is 10.3 Å². The minimum atomic E-state index is -0.679. The van der Waals surface area contributed by atoms with E-state index in [1.54, 1.807) is 12.3 Å². The Kier molecular flexibility index (Phi) is 6.11. The summed E-state index contributed by atoms with van der Waals surface area (Å²) in [5, 5.41) is 2.64. The Morgan fingerprint density at radius 2 is 2.04 bits per heavy atom. The van der Waals surface area contributed by atoms with Gasteiger partial charge in [0.1, 0.15) is 5.82 Å². The van der Waals surface area contributed by atoms with Crippen LogP contribution in [0.5, 0.6) is 0 Å². The molecule has 8 nitrogen and oxygen atoms in total. The maximum Gasteiger partial charge on any atom is 0.407 e. The summed E-state index contributed by atoms with van der Waals surface area (Å²) in [6.07, 6.45) is 2.79. The molecule has 1 aliphatic rings. The van der Waals surface area contributed by atoms with E-state index in [4.69, 9.17) is 5.73 Å². The number of primary amides is 1. The quantitative estimate of drug-likeness (QED) is 0.741. The summed E-state index contributed by atoms with van der Waals surface area (Å²) >= 11 is 0. The fourth-order valence-electron chi connectivity index (χ4n) is 2.56. The van der Waals surface area contributed by atoms with Gasteiger partial charge in [-0.05, 0) is 37.8 Å². The molecule has 0 atom stereocenters. The highest BCUT2D eigenvalue weighted by molar-refractivity contribution is 5.93. The van der Waals surface area contributed by atoms with Gasteiger partial charge in [0.05, 0.1) is 0 Å². The lowest BCUT2D eigenvalue weighted by Crippen LogP contribution is -2.39. The molecule has 1 aromatic heterocycles. The molecule has 0 spiro atoms. The van der Waals surface area contributed by atoms with E-state index < -0.39 is 18.6 Å². The van der Waals surface area contributed by atoms with Gasteiger partial charge >= 0.3 is 6.09 Å². The van der Waals surface area contributed by atoms with Crippen LogP contribution in [0, 0.1) is 5.92 Å². The molecular formula is C16H22N4O4. The Hall–Kier alpha value is -2.64. The van der Waals surface area contributed by atoms with Gasteiger partial charge in [0.25, 0.3) is 5.91 Å². The number of hydrogen-bond acceptors (Lipinski definition) is 6. The average Bonchev–Trinajstić information content (AvgIpc) is 2.58. The maximum absolute atomic E-state index is 11.4. The number of carbonyl (C=O) groups excluding carboxylic acids is 3. The Morgan fingerprint density at radius 1 is 1.33 bits per heavy atom. The van der Waals surface area contributed by atoms with Gasteiger partial charge in [-0.1, -0.05) is 0 Å². The van der Waals surface area contributed by atoms with Crippen molar-refractivity contribution in [2.45, 2.75) is 19.8 Å². The van der Waals surface area contributed by atoms with Gasteiger partial charge in [-0.3, -0.25) is 9.59 Å². The number of Topliss-reactive ketones (excluding diaryl/α,β-unsaturated/α-hetero) is 1. The highest BCUT2D eigenvalue weighted by Crippen LogP contribution is 2.21. The van der Waals surface area contributed by atoms with E-state index in [0.29, 0.717) is 18.0 Å². The predicted molar refractivity (Wildman–Crippen MR) is 87.7 cm³/mol. The zero-order valence-corrected chi connectivity index (χ0v) is 13.7. The van der Waals surface area contributed by atoms with E-state index in [9.17, 15) is 14.4 Å². The van der Waals surface area contributed by atoms with Gasteiger partial charge in [-0.25, -0.2) is 9.78 Å². The predicted octanol–water partition coefficient (Wildman–Crippen LogP) is 0.712. The van der Waals surface area contributed by atoms with Gasteiger partial charge in [0.2, 0.25) is 0 Å². The number of nitrogens with zero attached hydrogens (tertiary/aromatic N) is 2. The van der Waals surface area contributed by atoms with Crippen molar-refractivity contribution in [3.63, 3.8) is 0 Å². The fraction of sp³-hybridized carbons (Fsp3) is 0.500.